The summed E-state index contributed by atoms with van der Waals surface area (Å²) < 4.78 is 0. The number of carbonyl (C=O) groups excluding carboxylic acids is 4. The van der Waals surface area contributed by atoms with Crippen LogP contribution in [0.15, 0.2) is 30.5 Å². The normalized spacial score (nSPS) is 14.5. The Balaban J connectivity index is 2.33. The molecule has 0 radical (unpaired) electrons. The van der Waals surface area contributed by atoms with Crippen LogP contribution in [0.25, 0.3) is 10.9 Å². The Bertz CT molecular complexity index is 1110. The number of fused-ring (bicyclic) bond motifs is 1. The van der Waals surface area contributed by atoms with Crippen LogP contribution in [0.3, 0.4) is 0 Å². The summed E-state index contributed by atoms with van der Waals surface area (Å²) in [5.41, 5.74) is 12.3. The number of para-hydroxylation sites is 1. The van der Waals surface area contributed by atoms with E-state index in [1.807, 2.05) is 24.3 Å². The highest BCUT2D eigenvalue weighted by Crippen LogP contribution is 2.19. The second kappa shape index (κ2) is 12.7. The van der Waals surface area contributed by atoms with Crippen LogP contribution in [0.4, 0.5) is 0 Å². The van der Waals surface area contributed by atoms with Gasteiger partial charge >= 0.3 is 5.97 Å². The second-order valence-corrected chi connectivity index (χ2v) is 9.05. The number of carboxylic acid groups (broad SMARTS) is 1. The molecule has 1 aromatic carbocycles. The first-order valence-corrected chi connectivity index (χ1v) is 11.6. The fourth-order valence-corrected chi connectivity index (χ4v) is 3.63. The minimum atomic E-state index is -1.21. The van der Waals surface area contributed by atoms with Gasteiger partial charge in [0.2, 0.25) is 23.6 Å². The van der Waals surface area contributed by atoms with Crippen molar-refractivity contribution in [3.63, 3.8) is 0 Å². The number of H-pyrrole nitrogens is 1. The third kappa shape index (κ3) is 7.80. The molecule has 4 amide bonds. The van der Waals surface area contributed by atoms with E-state index >= 15 is 0 Å². The second-order valence-electron chi connectivity index (χ2n) is 9.05. The van der Waals surface area contributed by atoms with Crippen molar-refractivity contribution in [3.8, 4) is 0 Å². The van der Waals surface area contributed by atoms with Crippen LogP contribution in [-0.2, 0) is 30.4 Å². The smallest absolute Gasteiger partial charge is 0.326 e. The van der Waals surface area contributed by atoms with Gasteiger partial charge in [-0.05, 0) is 30.9 Å². The topological polar surface area (TPSA) is 209 Å². The number of amides is 4. The van der Waals surface area contributed by atoms with Crippen LogP contribution in [0.1, 0.15) is 39.2 Å². The number of hydrogen-bond acceptors (Lipinski definition) is 6. The van der Waals surface area contributed by atoms with Gasteiger partial charge in [-0.1, -0.05) is 32.0 Å². The number of aromatic nitrogens is 1. The quantitative estimate of drug-likeness (QED) is 0.191. The maximum absolute atomic E-state index is 13.2. The van der Waals surface area contributed by atoms with Crippen molar-refractivity contribution < 1.29 is 29.1 Å². The number of primary amides is 1. The number of aromatic amines is 1. The highest BCUT2D eigenvalue weighted by atomic mass is 16.4. The molecular formula is C24H34N6O6. The zero-order chi connectivity index (χ0) is 27.0. The van der Waals surface area contributed by atoms with Gasteiger partial charge in [-0.25, -0.2) is 4.79 Å². The summed E-state index contributed by atoms with van der Waals surface area (Å²) in [6.45, 7) is 4.73. The van der Waals surface area contributed by atoms with Crippen LogP contribution >= 0.6 is 0 Å². The summed E-state index contributed by atoms with van der Waals surface area (Å²) in [6, 6.07) is 2.93. The van der Waals surface area contributed by atoms with Gasteiger partial charge in [0.05, 0.1) is 6.04 Å². The lowest BCUT2D eigenvalue weighted by atomic mass is 10.0. The van der Waals surface area contributed by atoms with Crippen molar-refractivity contribution in [1.29, 1.82) is 0 Å². The molecule has 0 aliphatic heterocycles. The largest absolute Gasteiger partial charge is 0.480 e. The summed E-state index contributed by atoms with van der Waals surface area (Å²) in [5, 5.41) is 17.9. The number of carbonyl (C=O) groups is 5. The van der Waals surface area contributed by atoms with Gasteiger partial charge in [0.25, 0.3) is 0 Å². The number of benzene rings is 1. The van der Waals surface area contributed by atoms with Crippen LogP contribution in [0.5, 0.6) is 0 Å². The Hall–Kier alpha value is -3.93. The molecule has 36 heavy (non-hydrogen) atoms. The van der Waals surface area contributed by atoms with Gasteiger partial charge in [0.15, 0.2) is 0 Å². The van der Waals surface area contributed by atoms with E-state index in [-0.39, 0.29) is 19.3 Å². The Morgan fingerprint density at radius 3 is 2.14 bits per heavy atom. The molecule has 12 nitrogen and oxygen atoms in total. The van der Waals surface area contributed by atoms with E-state index in [2.05, 4.69) is 20.9 Å². The number of nitrogens with two attached hydrogens (primary N) is 2. The molecule has 0 spiro atoms. The fourth-order valence-electron chi connectivity index (χ4n) is 3.63. The summed E-state index contributed by atoms with van der Waals surface area (Å²) in [7, 11) is 0. The van der Waals surface area contributed by atoms with E-state index in [4.69, 9.17) is 11.5 Å². The minimum absolute atomic E-state index is 0.0375. The lowest BCUT2D eigenvalue weighted by Gasteiger charge is -2.25. The molecule has 2 rings (SSSR count). The number of carboxylic acids is 1. The zero-order valence-electron chi connectivity index (χ0n) is 20.5. The predicted molar refractivity (Wildman–Crippen MR) is 132 cm³/mol. The lowest BCUT2D eigenvalue weighted by molar-refractivity contribution is -0.143. The zero-order valence-corrected chi connectivity index (χ0v) is 20.5. The maximum Gasteiger partial charge on any atom is 0.326 e. The molecule has 0 saturated heterocycles. The van der Waals surface area contributed by atoms with Gasteiger partial charge in [-0.3, -0.25) is 19.2 Å². The van der Waals surface area contributed by atoms with E-state index in [9.17, 15) is 29.1 Å². The first-order chi connectivity index (χ1) is 16.9. The fraction of sp³-hybridized carbons (Fsp3) is 0.458. The Labute approximate surface area is 208 Å². The summed E-state index contributed by atoms with van der Waals surface area (Å²) in [5.74, 6) is -4.35. The SMILES string of the molecule is CC(N)C(=O)NC(CCC(N)=O)C(=O)NC(Cc1c[nH]c2ccccc12)C(=O)NC(C(=O)O)C(C)C. The highest BCUT2D eigenvalue weighted by molar-refractivity contribution is 5.95. The van der Waals surface area contributed by atoms with Gasteiger partial charge in [-0.2, -0.15) is 0 Å². The average Bonchev–Trinajstić information content (AvgIpc) is 3.21. The first kappa shape index (κ1) is 28.3. The lowest BCUT2D eigenvalue weighted by Crippen LogP contribution is -2.58. The third-order valence-electron chi connectivity index (χ3n) is 5.69. The van der Waals surface area contributed by atoms with Gasteiger partial charge < -0.3 is 37.5 Å². The van der Waals surface area contributed by atoms with Crippen molar-refractivity contribution in [2.75, 3.05) is 0 Å². The van der Waals surface area contributed by atoms with Crippen LogP contribution in [0.2, 0.25) is 0 Å². The van der Waals surface area contributed by atoms with E-state index in [0.29, 0.717) is 0 Å². The van der Waals surface area contributed by atoms with Crippen LogP contribution in [0, 0.1) is 5.92 Å². The van der Waals surface area contributed by atoms with Gasteiger partial charge in [0, 0.05) is 29.9 Å². The van der Waals surface area contributed by atoms with E-state index in [1.54, 1.807) is 20.0 Å². The van der Waals surface area contributed by atoms with Crippen LogP contribution in [-0.4, -0.2) is 63.9 Å². The van der Waals surface area contributed by atoms with E-state index in [0.717, 1.165) is 16.5 Å². The molecule has 1 aromatic heterocycles. The van der Waals surface area contributed by atoms with Crippen molar-refractivity contribution in [3.05, 3.63) is 36.0 Å². The molecule has 12 heteroatoms. The molecule has 0 bridgehead atoms. The Kier molecular flexibility index (Phi) is 9.97. The average molecular weight is 503 g/mol. The minimum Gasteiger partial charge on any atom is -0.480 e. The van der Waals surface area contributed by atoms with Gasteiger partial charge in [0.1, 0.15) is 18.1 Å². The number of nitrogens with one attached hydrogen (secondary N) is 4. The molecule has 0 aliphatic carbocycles. The molecular weight excluding hydrogens is 468 g/mol. The van der Waals surface area contributed by atoms with Crippen molar-refractivity contribution >= 4 is 40.5 Å². The van der Waals surface area contributed by atoms with Crippen molar-refractivity contribution in [1.82, 2.24) is 20.9 Å². The van der Waals surface area contributed by atoms with Crippen molar-refractivity contribution in [2.24, 2.45) is 17.4 Å². The predicted octanol–water partition coefficient (Wildman–Crippen LogP) is -0.482. The van der Waals surface area contributed by atoms with Crippen molar-refractivity contribution in [2.45, 2.75) is 64.2 Å². The molecule has 196 valence electrons. The molecule has 9 N–H and O–H groups in total. The van der Waals surface area contributed by atoms with E-state index < -0.39 is 59.7 Å². The molecule has 2 aromatic rings. The number of aliphatic carboxylic acids is 1. The number of rotatable bonds is 13. The number of hydrogen-bond donors (Lipinski definition) is 7. The summed E-state index contributed by atoms with van der Waals surface area (Å²) in [6.07, 6.45) is 1.45. The summed E-state index contributed by atoms with van der Waals surface area (Å²) in [4.78, 5) is 64.5. The molecule has 0 saturated carbocycles. The standard InChI is InChI=1S/C24H34N6O6/c1-12(2)20(24(35)36)30-23(34)18(10-14-11-27-16-7-5-4-6-15(14)16)29-22(33)17(8-9-19(26)31)28-21(32)13(3)25/h4-7,11-13,17-18,20,27H,8-10,25H2,1-3H3,(H2,26,31)(H,28,32)(H,29,33)(H,30,34)(H,35,36). The molecule has 0 aliphatic rings. The molecule has 1 heterocycles. The summed E-state index contributed by atoms with van der Waals surface area (Å²) >= 11 is 0. The van der Waals surface area contributed by atoms with E-state index in [1.165, 1.54) is 6.92 Å². The van der Waals surface area contributed by atoms with Crippen LogP contribution < -0.4 is 27.4 Å². The molecule has 4 unspecified atom stereocenters. The van der Waals surface area contributed by atoms with Gasteiger partial charge in [-0.15, -0.1) is 0 Å². The Morgan fingerprint density at radius 1 is 0.944 bits per heavy atom. The Morgan fingerprint density at radius 2 is 1.56 bits per heavy atom. The molecule has 0 fully saturated rings. The molecule has 4 atom stereocenters. The monoisotopic (exact) mass is 502 g/mol. The third-order valence-corrected chi connectivity index (χ3v) is 5.69. The first-order valence-electron chi connectivity index (χ1n) is 11.6. The highest BCUT2D eigenvalue weighted by Gasteiger charge is 2.31. The maximum atomic E-state index is 13.2.